The Morgan fingerprint density at radius 2 is 1.62 bits per heavy atom. The van der Waals surface area contributed by atoms with Crippen LogP contribution < -0.4 is 9.47 Å². The van der Waals surface area contributed by atoms with E-state index in [4.69, 9.17) is 47.6 Å². The lowest BCUT2D eigenvalue weighted by molar-refractivity contribution is -0.307. The fourth-order valence-corrected chi connectivity index (χ4v) is 5.52. The van der Waals surface area contributed by atoms with Crippen molar-refractivity contribution in [3.63, 3.8) is 0 Å². The maximum atomic E-state index is 12.6. The Balaban J connectivity index is 1.35. The van der Waals surface area contributed by atoms with E-state index < -0.39 is 73.8 Å². The second-order valence-corrected chi connectivity index (χ2v) is 11.6. The van der Waals surface area contributed by atoms with Gasteiger partial charge in [0.25, 0.3) is 0 Å². The molecule has 2 aliphatic heterocycles. The molecule has 0 unspecified atom stereocenters. The normalized spacial score (nSPS) is 22.0. The van der Waals surface area contributed by atoms with Crippen molar-refractivity contribution >= 4 is 41.6 Å². The summed E-state index contributed by atoms with van der Waals surface area (Å²) >= 11 is 0. The molecule has 0 N–H and O–H groups in total. The number of hydrogen-bond donors (Lipinski definition) is 0. The third kappa shape index (κ3) is 11.6. The topological polar surface area (TPSA) is 194 Å². The molecule has 4 rings (SSSR count). The number of rotatable bonds is 15. The molecule has 1 aromatic carbocycles. The molecular formula is C36H42N2O14. The van der Waals surface area contributed by atoms with Crippen LogP contribution in [-0.4, -0.2) is 111 Å². The van der Waals surface area contributed by atoms with Gasteiger partial charge in [-0.2, -0.15) is 0 Å². The number of allylic oxidation sites excluding steroid dienone is 1. The quantitative estimate of drug-likeness (QED) is 0.148. The molecule has 1 saturated heterocycles. The van der Waals surface area contributed by atoms with Crippen LogP contribution in [0.2, 0.25) is 0 Å². The summed E-state index contributed by atoms with van der Waals surface area (Å²) in [5, 5.41) is 0. The smallest absolute Gasteiger partial charge is 0.332 e. The molecule has 0 aliphatic carbocycles. The number of methoxy groups -OCH3 is 1. The number of pyridine rings is 1. The fourth-order valence-electron chi connectivity index (χ4n) is 5.52. The molecule has 1 aromatic heterocycles. The molecule has 0 bridgehead atoms. The molecule has 3 heterocycles. The van der Waals surface area contributed by atoms with Gasteiger partial charge in [-0.05, 0) is 48.8 Å². The number of benzene rings is 1. The Morgan fingerprint density at radius 3 is 2.29 bits per heavy atom. The van der Waals surface area contributed by atoms with E-state index in [0.29, 0.717) is 11.5 Å². The fraction of sp³-hybridized carbons (Fsp3) is 0.472. The molecule has 280 valence electrons. The van der Waals surface area contributed by atoms with Crippen LogP contribution in [0.15, 0.2) is 53.3 Å². The SMILES string of the molecule is COc1cc(OCCOC(=O)CO[C@@H]2O[C@H](COC(C)=O)[C@@H](OC(C)=O)[C@H](OC(C)=O)[C@H]2OC(C)=O)ccc1/C=C1\CCCN=C1c1cccnc1. The lowest BCUT2D eigenvalue weighted by Gasteiger charge is -2.43. The van der Waals surface area contributed by atoms with Gasteiger partial charge < -0.3 is 42.6 Å². The first-order valence-corrected chi connectivity index (χ1v) is 16.5. The van der Waals surface area contributed by atoms with Crippen LogP contribution in [0, 0.1) is 0 Å². The van der Waals surface area contributed by atoms with E-state index in [1.807, 2.05) is 24.3 Å². The van der Waals surface area contributed by atoms with Gasteiger partial charge in [-0.15, -0.1) is 0 Å². The molecule has 0 saturated carbocycles. The zero-order chi connectivity index (χ0) is 37.6. The van der Waals surface area contributed by atoms with Crippen LogP contribution in [0.1, 0.15) is 51.7 Å². The second-order valence-electron chi connectivity index (χ2n) is 11.6. The van der Waals surface area contributed by atoms with Crippen LogP contribution in [0.5, 0.6) is 11.5 Å². The molecule has 0 radical (unpaired) electrons. The number of esters is 5. The highest BCUT2D eigenvalue weighted by molar-refractivity contribution is 6.15. The van der Waals surface area contributed by atoms with E-state index in [1.54, 1.807) is 31.6 Å². The van der Waals surface area contributed by atoms with Crippen molar-refractivity contribution in [2.24, 2.45) is 4.99 Å². The number of ether oxygens (including phenoxy) is 9. The van der Waals surface area contributed by atoms with Crippen LogP contribution in [0.25, 0.3) is 6.08 Å². The first-order chi connectivity index (χ1) is 24.9. The van der Waals surface area contributed by atoms with Gasteiger partial charge in [-0.25, -0.2) is 4.79 Å². The van der Waals surface area contributed by atoms with Gasteiger partial charge >= 0.3 is 29.8 Å². The number of aromatic nitrogens is 1. The van der Waals surface area contributed by atoms with Gasteiger partial charge in [0.15, 0.2) is 24.6 Å². The molecule has 2 aliphatic rings. The number of carbonyl (C=O) groups excluding carboxylic acids is 5. The average Bonchev–Trinajstić information content (AvgIpc) is 3.11. The summed E-state index contributed by atoms with van der Waals surface area (Å²) in [5.74, 6) is -2.82. The molecule has 16 nitrogen and oxygen atoms in total. The molecular weight excluding hydrogens is 684 g/mol. The third-order valence-electron chi connectivity index (χ3n) is 7.58. The third-order valence-corrected chi connectivity index (χ3v) is 7.58. The van der Waals surface area contributed by atoms with E-state index in [-0.39, 0.29) is 13.2 Å². The highest BCUT2D eigenvalue weighted by Crippen LogP contribution is 2.31. The van der Waals surface area contributed by atoms with Crippen LogP contribution in [0.4, 0.5) is 0 Å². The first kappa shape index (κ1) is 39.4. The Morgan fingerprint density at radius 1 is 0.885 bits per heavy atom. The predicted octanol–water partition coefficient (Wildman–Crippen LogP) is 2.78. The lowest BCUT2D eigenvalue weighted by Crippen LogP contribution is -2.63. The summed E-state index contributed by atoms with van der Waals surface area (Å²) < 4.78 is 49.1. The Bertz CT molecular complexity index is 1640. The molecule has 0 spiro atoms. The Labute approximate surface area is 300 Å². The van der Waals surface area contributed by atoms with Crippen molar-refractivity contribution < 1.29 is 66.6 Å². The Kier molecular flexibility index (Phi) is 14.6. The summed E-state index contributed by atoms with van der Waals surface area (Å²) in [5.41, 5.74) is 3.77. The average molecular weight is 727 g/mol. The van der Waals surface area contributed by atoms with E-state index >= 15 is 0 Å². The van der Waals surface area contributed by atoms with Crippen molar-refractivity contribution in [3.8, 4) is 11.5 Å². The van der Waals surface area contributed by atoms with Gasteiger partial charge in [0.05, 0.1) is 12.8 Å². The summed E-state index contributed by atoms with van der Waals surface area (Å²) in [4.78, 5) is 69.0. The van der Waals surface area contributed by atoms with Gasteiger partial charge in [-0.1, -0.05) is 0 Å². The first-order valence-electron chi connectivity index (χ1n) is 16.5. The maximum Gasteiger partial charge on any atom is 0.332 e. The predicted molar refractivity (Wildman–Crippen MR) is 180 cm³/mol. The van der Waals surface area contributed by atoms with Gasteiger partial charge in [-0.3, -0.25) is 29.2 Å². The van der Waals surface area contributed by atoms with E-state index in [0.717, 1.165) is 69.5 Å². The zero-order valence-corrected chi connectivity index (χ0v) is 29.6. The summed E-state index contributed by atoms with van der Waals surface area (Å²) in [6.45, 7) is 3.90. The molecule has 5 atom stereocenters. The van der Waals surface area contributed by atoms with Crippen molar-refractivity contribution in [2.75, 3.05) is 40.1 Å². The van der Waals surface area contributed by atoms with Gasteiger partial charge in [0.2, 0.25) is 0 Å². The van der Waals surface area contributed by atoms with Gasteiger partial charge in [0, 0.05) is 63.8 Å². The van der Waals surface area contributed by atoms with E-state index in [2.05, 4.69) is 4.98 Å². The highest BCUT2D eigenvalue weighted by atomic mass is 16.7. The van der Waals surface area contributed by atoms with Crippen molar-refractivity contribution in [3.05, 3.63) is 59.4 Å². The monoisotopic (exact) mass is 726 g/mol. The van der Waals surface area contributed by atoms with Crippen LogP contribution in [-0.2, 0) is 57.1 Å². The van der Waals surface area contributed by atoms with Crippen molar-refractivity contribution in [1.82, 2.24) is 4.98 Å². The molecule has 52 heavy (non-hydrogen) atoms. The number of carbonyl (C=O) groups is 5. The van der Waals surface area contributed by atoms with E-state index in [1.165, 1.54) is 0 Å². The van der Waals surface area contributed by atoms with Crippen LogP contribution in [0.3, 0.4) is 0 Å². The molecule has 2 aromatic rings. The van der Waals surface area contributed by atoms with Crippen LogP contribution >= 0.6 is 0 Å². The minimum Gasteiger partial charge on any atom is -0.496 e. The number of hydrogen-bond acceptors (Lipinski definition) is 16. The van der Waals surface area contributed by atoms with E-state index in [9.17, 15) is 24.0 Å². The maximum absolute atomic E-state index is 12.6. The molecule has 1 fully saturated rings. The lowest BCUT2D eigenvalue weighted by atomic mass is 9.94. The standard InChI is InChI=1S/C36H42N2O14/c1-21(39)47-19-30-33(49-22(2)40)34(50-23(3)41)35(51-24(4)42)36(52-30)48-20-31(43)46-15-14-45-28-11-10-25(29(17-28)44-5)16-26-8-7-13-38-32(26)27-9-6-12-37-18-27/h6,9-12,16-18,30,33-36H,7-8,13-15,19-20H2,1-5H3/b26-16+/t30-,33-,34+,35-,36-/m1/s1. The zero-order valence-electron chi connectivity index (χ0n) is 29.6. The Hall–Kier alpha value is -5.35. The molecule has 0 amide bonds. The summed E-state index contributed by atoms with van der Waals surface area (Å²) in [6, 6.07) is 9.22. The minimum atomic E-state index is -1.52. The number of nitrogens with zero attached hydrogens (tertiary/aromatic N) is 2. The summed E-state index contributed by atoms with van der Waals surface area (Å²) in [6.07, 6.45) is 0.334. The highest BCUT2D eigenvalue weighted by Gasteiger charge is 2.53. The van der Waals surface area contributed by atoms with Gasteiger partial charge in [0.1, 0.15) is 44.0 Å². The van der Waals surface area contributed by atoms with Crippen molar-refractivity contribution in [1.29, 1.82) is 0 Å². The van der Waals surface area contributed by atoms with Crippen molar-refractivity contribution in [2.45, 2.75) is 71.2 Å². The number of aliphatic imine (C=N–C) groups is 1. The second kappa shape index (κ2) is 19.3. The largest absolute Gasteiger partial charge is 0.496 e. The molecule has 16 heteroatoms. The minimum absolute atomic E-state index is 0.00774. The summed E-state index contributed by atoms with van der Waals surface area (Å²) in [7, 11) is 1.56.